The van der Waals surface area contributed by atoms with Gasteiger partial charge >= 0.3 is 0 Å². The van der Waals surface area contributed by atoms with Gasteiger partial charge in [0.15, 0.2) is 0 Å². The predicted molar refractivity (Wildman–Crippen MR) is 76.9 cm³/mol. The van der Waals surface area contributed by atoms with Crippen molar-refractivity contribution in [1.29, 1.82) is 0 Å². The van der Waals surface area contributed by atoms with Crippen LogP contribution in [-0.2, 0) is 9.53 Å². The molecule has 0 radical (unpaired) electrons. The van der Waals surface area contributed by atoms with Crippen molar-refractivity contribution >= 4 is 5.91 Å². The van der Waals surface area contributed by atoms with Gasteiger partial charge in [-0.2, -0.15) is 0 Å². The molecule has 0 aliphatic carbocycles. The maximum atomic E-state index is 11.7. The van der Waals surface area contributed by atoms with Gasteiger partial charge in [-0.3, -0.25) is 4.79 Å². The summed E-state index contributed by atoms with van der Waals surface area (Å²) in [7, 11) is 1.62. The maximum absolute atomic E-state index is 11.7. The molecule has 2 atom stereocenters. The fraction of sp³-hybridized carbons (Fsp3) is 0.929. The lowest BCUT2D eigenvalue weighted by Gasteiger charge is -2.29. The average Bonchev–Trinajstić information content (AvgIpc) is 2.43. The molecule has 1 saturated heterocycles. The van der Waals surface area contributed by atoms with Crippen LogP contribution in [0, 0.1) is 5.92 Å². The molecule has 1 aliphatic rings. The predicted octanol–water partition coefficient (Wildman–Crippen LogP) is 0.588. The SMILES string of the molecule is COCCC(N)C(=O)NCC(C)CN1CCCCC1. The Morgan fingerprint density at radius 1 is 1.37 bits per heavy atom. The quantitative estimate of drug-likeness (QED) is 0.678. The van der Waals surface area contributed by atoms with Gasteiger partial charge in [-0.25, -0.2) is 0 Å². The van der Waals surface area contributed by atoms with Gasteiger partial charge < -0.3 is 20.7 Å². The molecule has 1 amide bonds. The Bertz CT molecular complexity index is 255. The summed E-state index contributed by atoms with van der Waals surface area (Å²) in [6, 6.07) is -0.456. The fourth-order valence-electron chi connectivity index (χ4n) is 2.43. The highest BCUT2D eigenvalue weighted by molar-refractivity contribution is 5.81. The zero-order valence-electron chi connectivity index (χ0n) is 12.4. The average molecular weight is 271 g/mol. The van der Waals surface area contributed by atoms with Crippen molar-refractivity contribution in [3.8, 4) is 0 Å². The van der Waals surface area contributed by atoms with E-state index in [2.05, 4.69) is 17.1 Å². The molecule has 2 unspecified atom stereocenters. The van der Waals surface area contributed by atoms with Crippen LogP contribution in [0.1, 0.15) is 32.6 Å². The minimum atomic E-state index is -0.456. The van der Waals surface area contributed by atoms with Crippen LogP contribution in [0.5, 0.6) is 0 Å². The summed E-state index contributed by atoms with van der Waals surface area (Å²) in [4.78, 5) is 14.2. The van der Waals surface area contributed by atoms with Crippen LogP contribution in [0.2, 0.25) is 0 Å². The number of nitrogens with two attached hydrogens (primary N) is 1. The summed E-state index contributed by atoms with van der Waals surface area (Å²) in [6.07, 6.45) is 4.54. The maximum Gasteiger partial charge on any atom is 0.237 e. The summed E-state index contributed by atoms with van der Waals surface area (Å²) in [5.74, 6) is 0.402. The van der Waals surface area contributed by atoms with Gasteiger partial charge in [0.05, 0.1) is 6.04 Å². The summed E-state index contributed by atoms with van der Waals surface area (Å²) in [5, 5.41) is 2.93. The largest absolute Gasteiger partial charge is 0.385 e. The van der Waals surface area contributed by atoms with E-state index in [1.807, 2.05) is 0 Å². The molecule has 5 heteroatoms. The molecular weight excluding hydrogens is 242 g/mol. The molecule has 0 bridgehead atoms. The Morgan fingerprint density at radius 2 is 2.05 bits per heavy atom. The number of hydrogen-bond donors (Lipinski definition) is 2. The first-order chi connectivity index (χ1) is 9.13. The summed E-state index contributed by atoms with van der Waals surface area (Å²) >= 11 is 0. The number of rotatable bonds is 8. The molecule has 1 aliphatic heterocycles. The first kappa shape index (κ1) is 16.4. The van der Waals surface area contributed by atoms with E-state index in [1.54, 1.807) is 7.11 Å². The van der Waals surface area contributed by atoms with Crippen LogP contribution in [0.3, 0.4) is 0 Å². The van der Waals surface area contributed by atoms with Crippen molar-refractivity contribution in [3.05, 3.63) is 0 Å². The molecule has 19 heavy (non-hydrogen) atoms. The zero-order valence-corrected chi connectivity index (χ0v) is 12.4. The third-order valence-electron chi connectivity index (χ3n) is 3.61. The molecular formula is C14H29N3O2. The van der Waals surface area contributed by atoms with E-state index in [0.717, 1.165) is 6.54 Å². The van der Waals surface area contributed by atoms with Crippen LogP contribution >= 0.6 is 0 Å². The molecule has 0 aromatic heterocycles. The molecule has 0 spiro atoms. The molecule has 0 aromatic carbocycles. The Labute approximate surface area is 116 Å². The highest BCUT2D eigenvalue weighted by atomic mass is 16.5. The number of likely N-dealkylation sites (tertiary alicyclic amines) is 1. The van der Waals surface area contributed by atoms with E-state index in [0.29, 0.717) is 25.5 Å². The van der Waals surface area contributed by atoms with Gasteiger partial charge in [0.25, 0.3) is 0 Å². The number of amides is 1. The lowest BCUT2D eigenvalue weighted by molar-refractivity contribution is -0.122. The van der Waals surface area contributed by atoms with Crippen molar-refractivity contribution in [3.63, 3.8) is 0 Å². The van der Waals surface area contributed by atoms with E-state index in [-0.39, 0.29) is 5.91 Å². The number of ether oxygens (including phenoxy) is 1. The first-order valence-electron chi connectivity index (χ1n) is 7.38. The van der Waals surface area contributed by atoms with Gasteiger partial charge in [0.2, 0.25) is 5.91 Å². The van der Waals surface area contributed by atoms with Crippen LogP contribution in [0.25, 0.3) is 0 Å². The highest BCUT2D eigenvalue weighted by Crippen LogP contribution is 2.10. The minimum absolute atomic E-state index is 0.0671. The topological polar surface area (TPSA) is 67.6 Å². The number of methoxy groups -OCH3 is 1. The summed E-state index contributed by atoms with van der Waals surface area (Å²) < 4.78 is 4.92. The van der Waals surface area contributed by atoms with Gasteiger partial charge in [0.1, 0.15) is 0 Å². The van der Waals surface area contributed by atoms with Crippen molar-refractivity contribution in [1.82, 2.24) is 10.2 Å². The van der Waals surface area contributed by atoms with Gasteiger partial charge in [0, 0.05) is 26.8 Å². The normalized spacial score (nSPS) is 19.9. The minimum Gasteiger partial charge on any atom is -0.385 e. The second-order valence-electron chi connectivity index (χ2n) is 5.60. The Morgan fingerprint density at radius 3 is 2.68 bits per heavy atom. The molecule has 0 aromatic rings. The molecule has 1 heterocycles. The molecule has 5 nitrogen and oxygen atoms in total. The molecule has 1 fully saturated rings. The second kappa shape index (κ2) is 9.28. The lowest BCUT2D eigenvalue weighted by atomic mass is 10.1. The van der Waals surface area contributed by atoms with Crippen molar-refractivity contribution in [2.24, 2.45) is 11.7 Å². The van der Waals surface area contributed by atoms with Crippen LogP contribution in [-0.4, -0.2) is 56.7 Å². The number of carbonyl (C=O) groups excluding carboxylic acids is 1. The number of nitrogens with one attached hydrogen (secondary N) is 1. The third-order valence-corrected chi connectivity index (χ3v) is 3.61. The third kappa shape index (κ3) is 6.89. The number of nitrogens with zero attached hydrogens (tertiary/aromatic N) is 1. The Balaban J connectivity index is 2.14. The molecule has 0 saturated carbocycles. The number of carbonyl (C=O) groups is 1. The fourth-order valence-corrected chi connectivity index (χ4v) is 2.43. The van der Waals surface area contributed by atoms with Gasteiger partial charge in [-0.15, -0.1) is 0 Å². The van der Waals surface area contributed by atoms with Crippen LogP contribution in [0.15, 0.2) is 0 Å². The van der Waals surface area contributed by atoms with E-state index in [9.17, 15) is 4.79 Å². The number of piperidine rings is 1. The van der Waals surface area contributed by atoms with Crippen molar-refractivity contribution < 1.29 is 9.53 Å². The standard InChI is InChI=1S/C14H29N3O2/c1-12(11-17-7-4-3-5-8-17)10-16-14(18)13(15)6-9-19-2/h12-13H,3-11,15H2,1-2H3,(H,16,18). The van der Waals surface area contributed by atoms with E-state index < -0.39 is 6.04 Å². The molecule has 3 N–H and O–H groups in total. The van der Waals surface area contributed by atoms with Crippen molar-refractivity contribution in [2.75, 3.05) is 39.9 Å². The van der Waals surface area contributed by atoms with Gasteiger partial charge in [-0.05, 0) is 38.3 Å². The Kier molecular flexibility index (Phi) is 8.02. The monoisotopic (exact) mass is 271 g/mol. The van der Waals surface area contributed by atoms with E-state index in [4.69, 9.17) is 10.5 Å². The van der Waals surface area contributed by atoms with E-state index >= 15 is 0 Å². The van der Waals surface area contributed by atoms with Crippen LogP contribution in [0.4, 0.5) is 0 Å². The molecule has 112 valence electrons. The van der Waals surface area contributed by atoms with Crippen molar-refractivity contribution in [2.45, 2.75) is 38.6 Å². The molecule has 1 rings (SSSR count). The Hall–Kier alpha value is -0.650. The summed E-state index contributed by atoms with van der Waals surface area (Å²) in [5.41, 5.74) is 5.77. The number of hydrogen-bond acceptors (Lipinski definition) is 4. The zero-order chi connectivity index (χ0) is 14.1. The summed E-state index contributed by atoms with van der Waals surface area (Å²) in [6.45, 7) is 6.87. The smallest absolute Gasteiger partial charge is 0.237 e. The van der Waals surface area contributed by atoms with E-state index in [1.165, 1.54) is 32.4 Å². The van der Waals surface area contributed by atoms with Crippen LogP contribution < -0.4 is 11.1 Å². The first-order valence-corrected chi connectivity index (χ1v) is 7.38. The van der Waals surface area contributed by atoms with Gasteiger partial charge in [-0.1, -0.05) is 13.3 Å². The highest BCUT2D eigenvalue weighted by Gasteiger charge is 2.16. The lowest BCUT2D eigenvalue weighted by Crippen LogP contribution is -2.44. The second-order valence-corrected chi connectivity index (χ2v) is 5.60.